The van der Waals surface area contributed by atoms with Gasteiger partial charge in [0.05, 0.1) is 24.3 Å². The van der Waals surface area contributed by atoms with Crippen molar-refractivity contribution < 1.29 is 24.2 Å². The van der Waals surface area contributed by atoms with Crippen LogP contribution in [0.25, 0.3) is 0 Å². The first-order valence-electron chi connectivity index (χ1n) is 11.2. The van der Waals surface area contributed by atoms with Gasteiger partial charge >= 0.3 is 11.7 Å². The number of hydrogen-bond donors (Lipinski definition) is 2. The Kier molecular flexibility index (Phi) is 11.2. The second-order valence-electron chi connectivity index (χ2n) is 7.40. The molecule has 196 valence electrons. The van der Waals surface area contributed by atoms with Crippen LogP contribution in [0.5, 0.6) is 0 Å². The number of imide groups is 1. The van der Waals surface area contributed by atoms with E-state index in [1.807, 2.05) is 0 Å². The van der Waals surface area contributed by atoms with Gasteiger partial charge in [0.15, 0.2) is 6.04 Å². The van der Waals surface area contributed by atoms with E-state index < -0.39 is 41.6 Å². The number of fused-ring (bicyclic) bond motifs is 1. The zero-order chi connectivity index (χ0) is 26.8. The van der Waals surface area contributed by atoms with Crippen molar-refractivity contribution in [2.45, 2.75) is 26.4 Å². The van der Waals surface area contributed by atoms with E-state index >= 15 is 0 Å². The van der Waals surface area contributed by atoms with E-state index in [-0.39, 0.29) is 54.9 Å². The number of nitrogens with one attached hydrogen (secondary N) is 1. The molecule has 2 aromatic rings. The molecule has 1 aromatic carbocycles. The summed E-state index contributed by atoms with van der Waals surface area (Å²) in [6, 6.07) is 4.75. The molecule has 1 unspecified atom stereocenters. The highest BCUT2D eigenvalue weighted by Gasteiger charge is 2.43. The number of nitrogens with zero attached hydrogens (tertiary/aromatic N) is 3. The van der Waals surface area contributed by atoms with Crippen LogP contribution in [0, 0.1) is 0 Å². The first-order valence-corrected chi connectivity index (χ1v) is 12.3. The molecule has 0 fully saturated rings. The molecule has 1 aromatic heterocycles. The summed E-state index contributed by atoms with van der Waals surface area (Å²) in [6.07, 6.45) is 1.25. The highest BCUT2D eigenvalue weighted by molar-refractivity contribution is 6.22. The summed E-state index contributed by atoms with van der Waals surface area (Å²) >= 11 is 11.6. The van der Waals surface area contributed by atoms with Gasteiger partial charge in [0.2, 0.25) is 0 Å². The third-order valence-electron chi connectivity index (χ3n) is 5.11. The number of carbonyl (C=O) groups excluding carboxylic acids is 3. The number of amides is 2. The topological polar surface area (TPSA) is 142 Å². The van der Waals surface area contributed by atoms with Crippen molar-refractivity contribution in [3.8, 4) is 0 Å². The molecule has 0 aliphatic carbocycles. The lowest BCUT2D eigenvalue weighted by molar-refractivity contribution is -0.148. The van der Waals surface area contributed by atoms with Crippen molar-refractivity contribution in [1.29, 1.82) is 0 Å². The van der Waals surface area contributed by atoms with Gasteiger partial charge < -0.3 is 14.7 Å². The maximum absolute atomic E-state index is 12.9. The highest BCUT2D eigenvalue weighted by Crippen LogP contribution is 2.25. The van der Waals surface area contributed by atoms with Crippen molar-refractivity contribution in [1.82, 2.24) is 14.5 Å². The molecule has 0 saturated carbocycles. The number of halogens is 2. The standard InChI is InChI=1S/C21H22Cl2N4O6.C2H6O/c1-2-33-20(31)16(27-18(29)13-5-3-4-6-14(13)19(27)30)12-26-11-15(17(28)24-21(26)32)25(9-7-22)10-8-23;1-2-3/h3-6,11,16H,2,7-10,12H2,1H3,(H,24,28,32);3H,2H2,1H3. The molecular formula is C23H28Cl2N4O7. The van der Waals surface area contributed by atoms with E-state index in [1.54, 1.807) is 30.9 Å². The SMILES string of the molecule is CCO.CCOC(=O)C(Cn1cc(N(CCCl)CCCl)c(=O)[nH]c1=O)N1C(=O)c2ccccc2C1=O. The van der Waals surface area contributed by atoms with Gasteiger partial charge in [-0.1, -0.05) is 12.1 Å². The lowest BCUT2D eigenvalue weighted by Gasteiger charge is -2.26. The van der Waals surface area contributed by atoms with Crippen LogP contribution in [-0.4, -0.2) is 81.4 Å². The number of aromatic nitrogens is 2. The summed E-state index contributed by atoms with van der Waals surface area (Å²) in [5.74, 6) is -1.79. The van der Waals surface area contributed by atoms with E-state index in [0.717, 1.165) is 9.47 Å². The van der Waals surface area contributed by atoms with Gasteiger partial charge in [0.1, 0.15) is 5.69 Å². The Hall–Kier alpha value is -3.15. The Balaban J connectivity index is 0.00000145. The van der Waals surface area contributed by atoms with Crippen molar-refractivity contribution in [2.75, 3.05) is 43.0 Å². The Labute approximate surface area is 217 Å². The molecule has 0 saturated heterocycles. The van der Waals surface area contributed by atoms with Crippen LogP contribution in [0.15, 0.2) is 40.1 Å². The maximum atomic E-state index is 12.9. The molecule has 0 bridgehead atoms. The molecule has 2 amide bonds. The molecule has 3 rings (SSSR count). The van der Waals surface area contributed by atoms with Crippen LogP contribution in [0.3, 0.4) is 0 Å². The molecule has 2 N–H and O–H groups in total. The molecule has 1 atom stereocenters. The third kappa shape index (κ3) is 6.54. The van der Waals surface area contributed by atoms with Crippen molar-refractivity contribution in [3.05, 3.63) is 62.4 Å². The van der Waals surface area contributed by atoms with Crippen LogP contribution in [-0.2, 0) is 16.1 Å². The lowest BCUT2D eigenvalue weighted by atomic mass is 10.1. The van der Waals surface area contributed by atoms with Crippen LogP contribution in [0.1, 0.15) is 34.6 Å². The van der Waals surface area contributed by atoms with Crippen LogP contribution >= 0.6 is 23.2 Å². The summed E-state index contributed by atoms with van der Waals surface area (Å²) in [6.45, 7) is 3.67. The number of hydrogen-bond acceptors (Lipinski definition) is 8. The molecular weight excluding hydrogens is 515 g/mol. The predicted octanol–water partition coefficient (Wildman–Crippen LogP) is 1.05. The number of alkyl halides is 2. The fraction of sp³-hybridized carbons (Fsp3) is 0.435. The fourth-order valence-corrected chi connectivity index (χ4v) is 4.00. The average Bonchev–Trinajstić information content (AvgIpc) is 3.09. The molecule has 11 nitrogen and oxygen atoms in total. The number of H-pyrrole nitrogens is 1. The molecule has 1 aliphatic heterocycles. The number of ether oxygens (including phenoxy) is 1. The number of rotatable bonds is 10. The number of benzene rings is 1. The minimum Gasteiger partial charge on any atom is -0.464 e. The monoisotopic (exact) mass is 542 g/mol. The Bertz CT molecular complexity index is 1160. The minimum absolute atomic E-state index is 0.00347. The molecule has 36 heavy (non-hydrogen) atoms. The predicted molar refractivity (Wildman–Crippen MR) is 135 cm³/mol. The molecule has 0 spiro atoms. The maximum Gasteiger partial charge on any atom is 0.331 e. The number of aliphatic hydroxyl groups is 1. The summed E-state index contributed by atoms with van der Waals surface area (Å²) in [5, 5.41) is 7.57. The zero-order valence-electron chi connectivity index (χ0n) is 19.9. The average molecular weight is 543 g/mol. The largest absolute Gasteiger partial charge is 0.464 e. The molecule has 2 heterocycles. The van der Waals surface area contributed by atoms with E-state index in [9.17, 15) is 24.0 Å². The highest BCUT2D eigenvalue weighted by atomic mass is 35.5. The summed E-state index contributed by atoms with van der Waals surface area (Å²) < 4.78 is 6.14. The molecule has 13 heteroatoms. The number of carbonyl (C=O) groups is 3. The van der Waals surface area contributed by atoms with Gasteiger partial charge in [-0.2, -0.15) is 0 Å². The summed E-state index contributed by atoms with van der Waals surface area (Å²) in [7, 11) is 0. The number of aromatic amines is 1. The fourth-order valence-electron chi connectivity index (χ4n) is 3.59. The van der Waals surface area contributed by atoms with Crippen LogP contribution in [0.2, 0.25) is 0 Å². The minimum atomic E-state index is -1.43. The number of anilines is 1. The van der Waals surface area contributed by atoms with E-state index in [4.69, 9.17) is 33.0 Å². The first-order chi connectivity index (χ1) is 17.2. The van der Waals surface area contributed by atoms with E-state index in [2.05, 4.69) is 4.98 Å². The molecule has 1 aliphatic rings. The Morgan fingerprint density at radius 2 is 1.58 bits per heavy atom. The Morgan fingerprint density at radius 1 is 1.06 bits per heavy atom. The van der Waals surface area contributed by atoms with Crippen molar-refractivity contribution in [3.63, 3.8) is 0 Å². The third-order valence-corrected chi connectivity index (χ3v) is 5.45. The Morgan fingerprint density at radius 3 is 2.06 bits per heavy atom. The number of aliphatic hydroxyl groups excluding tert-OH is 1. The normalized spacial score (nSPS) is 13.1. The van der Waals surface area contributed by atoms with Gasteiger partial charge in [0.25, 0.3) is 17.4 Å². The van der Waals surface area contributed by atoms with Gasteiger partial charge in [-0.15, -0.1) is 23.2 Å². The van der Waals surface area contributed by atoms with E-state index in [0.29, 0.717) is 0 Å². The zero-order valence-corrected chi connectivity index (χ0v) is 21.4. The number of esters is 1. The van der Waals surface area contributed by atoms with Gasteiger partial charge in [-0.3, -0.25) is 28.8 Å². The van der Waals surface area contributed by atoms with E-state index in [1.165, 1.54) is 18.3 Å². The quantitative estimate of drug-likeness (QED) is 0.257. The molecule has 0 radical (unpaired) electrons. The van der Waals surface area contributed by atoms with Gasteiger partial charge in [-0.05, 0) is 26.0 Å². The van der Waals surface area contributed by atoms with Gasteiger partial charge in [-0.25, -0.2) is 9.59 Å². The van der Waals surface area contributed by atoms with Gasteiger partial charge in [0, 0.05) is 37.7 Å². The van der Waals surface area contributed by atoms with Crippen LogP contribution in [0.4, 0.5) is 5.69 Å². The second-order valence-corrected chi connectivity index (χ2v) is 8.16. The summed E-state index contributed by atoms with van der Waals surface area (Å²) in [4.78, 5) is 68.2. The second kappa shape index (κ2) is 13.8. The smallest absolute Gasteiger partial charge is 0.331 e. The first kappa shape index (κ1) is 29.1. The lowest BCUT2D eigenvalue weighted by Crippen LogP contribution is -2.50. The summed E-state index contributed by atoms with van der Waals surface area (Å²) in [5.41, 5.74) is -1.05. The van der Waals surface area contributed by atoms with Crippen molar-refractivity contribution >= 4 is 46.7 Å². The van der Waals surface area contributed by atoms with Crippen LogP contribution < -0.4 is 16.1 Å². The van der Waals surface area contributed by atoms with Crippen molar-refractivity contribution in [2.24, 2.45) is 0 Å².